The lowest BCUT2D eigenvalue weighted by Crippen LogP contribution is -2.17. The zero-order valence-corrected chi connectivity index (χ0v) is 16.5. The van der Waals surface area contributed by atoms with Gasteiger partial charge in [0.25, 0.3) is 0 Å². The summed E-state index contributed by atoms with van der Waals surface area (Å²) in [5.74, 6) is 1.45. The SMILES string of the molecule is COc1cc(CNCCCOC(C)C)ccc1OCc1cccc(Cl)c1. The third-order valence-corrected chi connectivity index (χ3v) is 4.02. The number of benzene rings is 2. The molecule has 2 aromatic carbocycles. The molecule has 0 amide bonds. The second kappa shape index (κ2) is 11.1. The van der Waals surface area contributed by atoms with Crippen LogP contribution in [-0.4, -0.2) is 26.4 Å². The lowest BCUT2D eigenvalue weighted by molar-refractivity contribution is 0.0770. The smallest absolute Gasteiger partial charge is 0.161 e. The summed E-state index contributed by atoms with van der Waals surface area (Å²) in [6.07, 6.45) is 1.29. The average Bonchev–Trinajstić information content (AvgIpc) is 2.63. The fraction of sp³-hybridized carbons (Fsp3) is 0.429. The van der Waals surface area contributed by atoms with Crippen molar-refractivity contribution in [3.63, 3.8) is 0 Å². The number of nitrogens with one attached hydrogen (secondary N) is 1. The van der Waals surface area contributed by atoms with Crippen molar-refractivity contribution in [3.05, 3.63) is 58.6 Å². The van der Waals surface area contributed by atoms with Crippen molar-refractivity contribution in [2.75, 3.05) is 20.3 Å². The van der Waals surface area contributed by atoms with Crippen molar-refractivity contribution >= 4 is 11.6 Å². The Morgan fingerprint density at radius 3 is 2.62 bits per heavy atom. The molecule has 0 aliphatic carbocycles. The molecule has 142 valence electrons. The van der Waals surface area contributed by atoms with E-state index in [1.165, 1.54) is 0 Å². The van der Waals surface area contributed by atoms with Gasteiger partial charge in [0.2, 0.25) is 0 Å². The van der Waals surface area contributed by atoms with Gasteiger partial charge < -0.3 is 19.5 Å². The molecule has 2 aromatic rings. The quantitative estimate of drug-likeness (QED) is 0.569. The molecule has 0 fully saturated rings. The Balaban J connectivity index is 1.82. The van der Waals surface area contributed by atoms with E-state index in [0.717, 1.165) is 48.7 Å². The molecule has 0 heterocycles. The van der Waals surface area contributed by atoms with Gasteiger partial charge in [-0.3, -0.25) is 0 Å². The van der Waals surface area contributed by atoms with Crippen LogP contribution in [0.25, 0.3) is 0 Å². The van der Waals surface area contributed by atoms with Gasteiger partial charge >= 0.3 is 0 Å². The predicted molar refractivity (Wildman–Crippen MR) is 106 cm³/mol. The molecule has 4 nitrogen and oxygen atoms in total. The summed E-state index contributed by atoms with van der Waals surface area (Å²) in [6.45, 7) is 7.04. The first-order valence-corrected chi connectivity index (χ1v) is 9.32. The second-order valence-corrected chi connectivity index (χ2v) is 6.79. The lowest BCUT2D eigenvalue weighted by Gasteiger charge is -2.13. The first kappa shape index (κ1) is 20.6. The highest BCUT2D eigenvalue weighted by Crippen LogP contribution is 2.29. The minimum atomic E-state index is 0.290. The van der Waals surface area contributed by atoms with Crippen molar-refractivity contribution in [3.8, 4) is 11.5 Å². The van der Waals surface area contributed by atoms with E-state index in [2.05, 4.69) is 19.2 Å². The summed E-state index contributed by atoms with van der Waals surface area (Å²) >= 11 is 6.01. The van der Waals surface area contributed by atoms with Crippen molar-refractivity contribution in [2.24, 2.45) is 0 Å². The minimum absolute atomic E-state index is 0.290. The van der Waals surface area contributed by atoms with E-state index in [0.29, 0.717) is 17.7 Å². The molecule has 0 aliphatic rings. The molecular formula is C21H28ClNO3. The van der Waals surface area contributed by atoms with Crippen LogP contribution in [0.15, 0.2) is 42.5 Å². The molecular weight excluding hydrogens is 350 g/mol. The molecule has 0 atom stereocenters. The first-order chi connectivity index (χ1) is 12.6. The molecule has 5 heteroatoms. The third-order valence-electron chi connectivity index (χ3n) is 3.79. The van der Waals surface area contributed by atoms with Crippen LogP contribution in [-0.2, 0) is 17.9 Å². The monoisotopic (exact) mass is 377 g/mol. The van der Waals surface area contributed by atoms with E-state index in [4.69, 9.17) is 25.8 Å². The average molecular weight is 378 g/mol. The molecule has 0 saturated carbocycles. The number of hydrogen-bond donors (Lipinski definition) is 1. The Morgan fingerprint density at radius 1 is 1.04 bits per heavy atom. The Bertz CT molecular complexity index is 676. The molecule has 0 saturated heterocycles. The van der Waals surface area contributed by atoms with E-state index < -0.39 is 0 Å². The predicted octanol–water partition coefficient (Wildman–Crippen LogP) is 4.83. The molecule has 0 radical (unpaired) electrons. The van der Waals surface area contributed by atoms with Gasteiger partial charge in [0.15, 0.2) is 11.5 Å². The van der Waals surface area contributed by atoms with Crippen molar-refractivity contribution in [2.45, 2.75) is 39.5 Å². The van der Waals surface area contributed by atoms with E-state index >= 15 is 0 Å². The van der Waals surface area contributed by atoms with Gasteiger partial charge in [-0.05, 0) is 62.2 Å². The summed E-state index contributed by atoms with van der Waals surface area (Å²) in [4.78, 5) is 0. The van der Waals surface area contributed by atoms with Gasteiger partial charge in [0.05, 0.1) is 13.2 Å². The zero-order chi connectivity index (χ0) is 18.8. The minimum Gasteiger partial charge on any atom is -0.493 e. The number of rotatable bonds is 11. The molecule has 0 bridgehead atoms. The number of ether oxygens (including phenoxy) is 3. The van der Waals surface area contributed by atoms with E-state index in [9.17, 15) is 0 Å². The van der Waals surface area contributed by atoms with Gasteiger partial charge in [-0.25, -0.2) is 0 Å². The number of halogens is 1. The van der Waals surface area contributed by atoms with Crippen LogP contribution in [0, 0.1) is 0 Å². The summed E-state index contributed by atoms with van der Waals surface area (Å²) in [5.41, 5.74) is 2.18. The second-order valence-electron chi connectivity index (χ2n) is 6.35. The maximum Gasteiger partial charge on any atom is 0.161 e. The van der Waals surface area contributed by atoms with Crippen LogP contribution in [0.4, 0.5) is 0 Å². The first-order valence-electron chi connectivity index (χ1n) is 8.95. The van der Waals surface area contributed by atoms with Crippen molar-refractivity contribution < 1.29 is 14.2 Å². The van der Waals surface area contributed by atoms with Gasteiger partial charge in [0.1, 0.15) is 6.61 Å². The van der Waals surface area contributed by atoms with Gasteiger partial charge in [-0.15, -0.1) is 0 Å². The van der Waals surface area contributed by atoms with Gasteiger partial charge in [0, 0.05) is 18.2 Å². The summed E-state index contributed by atoms with van der Waals surface area (Å²) in [7, 11) is 1.65. The van der Waals surface area contributed by atoms with Crippen LogP contribution in [0.5, 0.6) is 11.5 Å². The third kappa shape index (κ3) is 7.24. The van der Waals surface area contributed by atoms with Crippen molar-refractivity contribution in [1.82, 2.24) is 5.32 Å². The van der Waals surface area contributed by atoms with Crippen molar-refractivity contribution in [1.29, 1.82) is 0 Å². The highest BCUT2D eigenvalue weighted by atomic mass is 35.5. The summed E-state index contributed by atoms with van der Waals surface area (Å²) in [6, 6.07) is 13.7. The molecule has 0 unspecified atom stereocenters. The summed E-state index contributed by atoms with van der Waals surface area (Å²) in [5, 5.41) is 4.13. The van der Waals surface area contributed by atoms with E-state index in [1.54, 1.807) is 7.11 Å². The Morgan fingerprint density at radius 2 is 1.88 bits per heavy atom. The van der Waals surface area contributed by atoms with E-state index in [1.807, 2.05) is 42.5 Å². The topological polar surface area (TPSA) is 39.7 Å². The van der Waals surface area contributed by atoms with Crippen LogP contribution in [0.1, 0.15) is 31.4 Å². The largest absolute Gasteiger partial charge is 0.493 e. The zero-order valence-electron chi connectivity index (χ0n) is 15.8. The van der Waals surface area contributed by atoms with Crippen LogP contribution < -0.4 is 14.8 Å². The van der Waals surface area contributed by atoms with Gasteiger partial charge in [-0.2, -0.15) is 0 Å². The fourth-order valence-corrected chi connectivity index (χ4v) is 2.69. The Hall–Kier alpha value is -1.75. The highest BCUT2D eigenvalue weighted by Gasteiger charge is 2.07. The molecule has 1 N–H and O–H groups in total. The maximum atomic E-state index is 6.01. The molecule has 0 aromatic heterocycles. The lowest BCUT2D eigenvalue weighted by atomic mass is 10.2. The van der Waals surface area contributed by atoms with Gasteiger partial charge in [-0.1, -0.05) is 29.8 Å². The molecule has 26 heavy (non-hydrogen) atoms. The standard InChI is InChI=1S/C21H28ClNO3/c1-16(2)25-11-5-10-23-14-17-8-9-20(21(13-17)24-3)26-15-18-6-4-7-19(22)12-18/h4,6-9,12-13,16,23H,5,10-11,14-15H2,1-3H3. The maximum absolute atomic E-state index is 6.01. The van der Waals surface area contributed by atoms with Crippen LogP contribution >= 0.6 is 11.6 Å². The van der Waals surface area contributed by atoms with Crippen LogP contribution in [0.2, 0.25) is 5.02 Å². The van der Waals surface area contributed by atoms with Crippen LogP contribution in [0.3, 0.4) is 0 Å². The summed E-state index contributed by atoms with van der Waals surface area (Å²) < 4.78 is 16.9. The Kier molecular flexibility index (Phi) is 8.75. The van der Waals surface area contributed by atoms with E-state index in [-0.39, 0.29) is 0 Å². The highest BCUT2D eigenvalue weighted by molar-refractivity contribution is 6.30. The molecule has 0 aliphatic heterocycles. The number of hydrogen-bond acceptors (Lipinski definition) is 4. The normalized spacial score (nSPS) is 11.0. The Labute approximate surface area is 161 Å². The molecule has 2 rings (SSSR count). The fourth-order valence-electron chi connectivity index (χ4n) is 2.48. The molecule has 0 spiro atoms. The number of methoxy groups -OCH3 is 1.